The van der Waals surface area contributed by atoms with E-state index in [1.807, 2.05) is 0 Å². The molecule has 4 nitrogen and oxygen atoms in total. The van der Waals surface area contributed by atoms with Gasteiger partial charge in [-0.15, -0.1) is 0 Å². The number of hydrogen-bond donors (Lipinski definition) is 0. The van der Waals surface area contributed by atoms with E-state index in [0.717, 1.165) is 18.4 Å². The van der Waals surface area contributed by atoms with E-state index < -0.39 is 11.1 Å². The van der Waals surface area contributed by atoms with E-state index in [2.05, 4.69) is 0 Å². The molecular weight excluding hydrogens is 259 g/mol. The Balaban J connectivity index is 1.86. The predicted molar refractivity (Wildman–Crippen MR) is 73.2 cm³/mol. The fourth-order valence-electron chi connectivity index (χ4n) is 2.18. The molecule has 1 aromatic heterocycles. The quantitative estimate of drug-likeness (QED) is 0.795. The van der Waals surface area contributed by atoms with Gasteiger partial charge in [0.15, 0.2) is 0 Å². The van der Waals surface area contributed by atoms with Crippen LogP contribution in [-0.2, 0) is 13.1 Å². The Morgan fingerprint density at radius 2 is 1.60 bits per heavy atom. The van der Waals surface area contributed by atoms with E-state index in [4.69, 9.17) is 0 Å². The lowest BCUT2D eigenvalue weighted by Crippen LogP contribution is -2.41. The first-order valence-corrected chi connectivity index (χ1v) is 6.68. The maximum atomic E-state index is 12.8. The third-order valence-corrected chi connectivity index (χ3v) is 3.55. The Morgan fingerprint density at radius 1 is 1.00 bits per heavy atom. The van der Waals surface area contributed by atoms with Crippen molar-refractivity contribution in [1.82, 2.24) is 9.13 Å². The van der Waals surface area contributed by atoms with Crippen LogP contribution in [0, 0.1) is 11.7 Å². The molecule has 0 radical (unpaired) electrons. The van der Waals surface area contributed by atoms with Gasteiger partial charge in [0, 0.05) is 18.9 Å². The minimum absolute atomic E-state index is 0.276. The predicted octanol–water partition coefficient (Wildman–Crippen LogP) is 1.61. The molecule has 1 fully saturated rings. The van der Waals surface area contributed by atoms with Crippen LogP contribution in [0.15, 0.2) is 46.2 Å². The zero-order valence-electron chi connectivity index (χ0n) is 11.0. The Kier molecular flexibility index (Phi) is 3.26. The normalized spacial score (nSPS) is 14.4. The van der Waals surface area contributed by atoms with Gasteiger partial charge >= 0.3 is 11.1 Å². The van der Waals surface area contributed by atoms with Crippen molar-refractivity contribution >= 4 is 0 Å². The molecule has 0 saturated heterocycles. The lowest BCUT2D eigenvalue weighted by atomic mass is 10.2. The number of nitrogens with zero attached hydrogens (tertiary/aromatic N) is 2. The first-order chi connectivity index (χ1) is 9.63. The van der Waals surface area contributed by atoms with Gasteiger partial charge in [-0.3, -0.25) is 9.59 Å². The Morgan fingerprint density at radius 3 is 2.25 bits per heavy atom. The molecule has 5 heteroatoms. The third kappa shape index (κ3) is 2.71. The molecule has 1 aliphatic rings. The summed E-state index contributed by atoms with van der Waals surface area (Å²) in [5.74, 6) is 0.223. The number of halogens is 1. The largest absolute Gasteiger partial charge is 0.316 e. The SMILES string of the molecule is O=c1c(=O)n(CC2CC2)ccn1Cc1ccc(F)cc1. The van der Waals surface area contributed by atoms with Crippen molar-refractivity contribution in [2.75, 3.05) is 0 Å². The van der Waals surface area contributed by atoms with E-state index in [0.29, 0.717) is 12.5 Å². The van der Waals surface area contributed by atoms with Crippen molar-refractivity contribution in [3.8, 4) is 0 Å². The van der Waals surface area contributed by atoms with Gasteiger partial charge in [-0.2, -0.15) is 0 Å². The van der Waals surface area contributed by atoms with Crippen LogP contribution in [0.1, 0.15) is 18.4 Å². The number of aromatic nitrogens is 2. The summed E-state index contributed by atoms with van der Waals surface area (Å²) in [4.78, 5) is 24.0. The fraction of sp³-hybridized carbons (Fsp3) is 0.333. The molecule has 104 valence electrons. The molecule has 0 amide bonds. The van der Waals surface area contributed by atoms with Crippen LogP contribution in [-0.4, -0.2) is 9.13 Å². The first kappa shape index (κ1) is 12.8. The van der Waals surface area contributed by atoms with E-state index >= 15 is 0 Å². The summed E-state index contributed by atoms with van der Waals surface area (Å²) in [5.41, 5.74) is -0.230. The molecule has 1 saturated carbocycles. The Labute approximate surface area is 115 Å². The fourth-order valence-corrected chi connectivity index (χ4v) is 2.18. The van der Waals surface area contributed by atoms with Gasteiger partial charge in [0.2, 0.25) is 0 Å². The highest BCUT2D eigenvalue weighted by Crippen LogP contribution is 2.29. The summed E-state index contributed by atoms with van der Waals surface area (Å²) in [6, 6.07) is 5.90. The topological polar surface area (TPSA) is 44.0 Å². The van der Waals surface area contributed by atoms with Crippen LogP contribution < -0.4 is 11.1 Å². The minimum atomic E-state index is -0.530. The highest BCUT2D eigenvalue weighted by molar-refractivity contribution is 5.16. The first-order valence-electron chi connectivity index (χ1n) is 6.68. The van der Waals surface area contributed by atoms with Crippen LogP contribution in [0.25, 0.3) is 0 Å². The van der Waals surface area contributed by atoms with Crippen LogP contribution in [0.2, 0.25) is 0 Å². The second-order valence-electron chi connectivity index (χ2n) is 5.26. The van der Waals surface area contributed by atoms with Crippen LogP contribution >= 0.6 is 0 Å². The molecule has 0 unspecified atom stereocenters. The van der Waals surface area contributed by atoms with Crippen LogP contribution in [0.3, 0.4) is 0 Å². The molecular formula is C15H15FN2O2. The molecule has 0 spiro atoms. The zero-order valence-corrected chi connectivity index (χ0v) is 11.0. The maximum Gasteiger partial charge on any atom is 0.316 e. The summed E-state index contributed by atoms with van der Waals surface area (Å²) >= 11 is 0. The van der Waals surface area contributed by atoms with Crippen molar-refractivity contribution < 1.29 is 4.39 Å². The summed E-state index contributed by atoms with van der Waals surface area (Å²) in [7, 11) is 0. The Hall–Kier alpha value is -2.17. The maximum absolute atomic E-state index is 12.8. The second-order valence-corrected chi connectivity index (χ2v) is 5.26. The number of rotatable bonds is 4. The highest BCUT2D eigenvalue weighted by Gasteiger charge is 2.22. The molecule has 1 heterocycles. The zero-order chi connectivity index (χ0) is 14.1. The Bertz CT molecular complexity index is 727. The van der Waals surface area contributed by atoms with Crippen molar-refractivity contribution in [3.63, 3.8) is 0 Å². The van der Waals surface area contributed by atoms with Gasteiger partial charge in [0.05, 0.1) is 6.54 Å². The third-order valence-electron chi connectivity index (χ3n) is 3.55. The smallest absolute Gasteiger partial charge is 0.309 e. The van der Waals surface area contributed by atoms with Gasteiger partial charge in [-0.25, -0.2) is 4.39 Å². The van der Waals surface area contributed by atoms with Gasteiger partial charge < -0.3 is 9.13 Å². The lowest BCUT2D eigenvalue weighted by molar-refractivity contribution is 0.578. The average molecular weight is 274 g/mol. The van der Waals surface area contributed by atoms with Crippen molar-refractivity contribution in [2.24, 2.45) is 5.92 Å². The van der Waals surface area contributed by atoms with E-state index in [-0.39, 0.29) is 12.4 Å². The molecule has 0 N–H and O–H groups in total. The van der Waals surface area contributed by atoms with Gasteiger partial charge in [-0.05, 0) is 36.5 Å². The van der Waals surface area contributed by atoms with Crippen LogP contribution in [0.5, 0.6) is 0 Å². The van der Waals surface area contributed by atoms with E-state index in [1.165, 1.54) is 21.3 Å². The molecule has 0 atom stereocenters. The average Bonchev–Trinajstić information content (AvgIpc) is 3.25. The molecule has 0 bridgehead atoms. The summed E-state index contributed by atoms with van der Waals surface area (Å²) in [6.45, 7) is 0.907. The van der Waals surface area contributed by atoms with E-state index in [9.17, 15) is 14.0 Å². The van der Waals surface area contributed by atoms with Gasteiger partial charge in [0.25, 0.3) is 0 Å². The second kappa shape index (κ2) is 5.07. The molecule has 0 aliphatic heterocycles. The molecule has 2 aromatic rings. The van der Waals surface area contributed by atoms with Gasteiger partial charge in [-0.1, -0.05) is 12.1 Å². The number of benzene rings is 1. The monoisotopic (exact) mass is 274 g/mol. The molecule has 20 heavy (non-hydrogen) atoms. The standard InChI is InChI=1S/C15H15FN2O2/c16-13-5-3-12(4-6-13)10-18-8-7-17(9-11-1-2-11)14(19)15(18)20/h3-8,11H,1-2,9-10H2. The summed E-state index contributed by atoms with van der Waals surface area (Å²) in [5, 5.41) is 0. The highest BCUT2D eigenvalue weighted by atomic mass is 19.1. The number of hydrogen-bond acceptors (Lipinski definition) is 2. The van der Waals surface area contributed by atoms with Crippen LogP contribution in [0.4, 0.5) is 4.39 Å². The van der Waals surface area contributed by atoms with Crippen molar-refractivity contribution in [2.45, 2.75) is 25.9 Å². The lowest BCUT2D eigenvalue weighted by Gasteiger charge is -2.08. The molecule has 3 rings (SSSR count). The summed E-state index contributed by atoms with van der Waals surface area (Å²) in [6.07, 6.45) is 5.54. The minimum Gasteiger partial charge on any atom is -0.309 e. The van der Waals surface area contributed by atoms with Crippen molar-refractivity contribution in [1.29, 1.82) is 0 Å². The summed E-state index contributed by atoms with van der Waals surface area (Å²) < 4.78 is 15.7. The molecule has 1 aromatic carbocycles. The van der Waals surface area contributed by atoms with Gasteiger partial charge in [0.1, 0.15) is 5.82 Å². The van der Waals surface area contributed by atoms with E-state index in [1.54, 1.807) is 24.5 Å². The van der Waals surface area contributed by atoms with Crippen molar-refractivity contribution in [3.05, 3.63) is 68.7 Å². The molecule has 1 aliphatic carbocycles.